The smallest absolute Gasteiger partial charge is 0.257 e. The second-order valence-corrected chi connectivity index (χ2v) is 6.70. The molecule has 2 aliphatic rings. The van der Waals surface area contributed by atoms with Crippen molar-refractivity contribution in [3.05, 3.63) is 48.3 Å². The van der Waals surface area contributed by atoms with Gasteiger partial charge in [0.15, 0.2) is 0 Å². The monoisotopic (exact) mass is 352 g/mol. The zero-order chi connectivity index (χ0) is 17.8. The van der Waals surface area contributed by atoms with E-state index in [0.29, 0.717) is 18.8 Å². The Hall–Kier alpha value is -2.60. The van der Waals surface area contributed by atoms with Crippen molar-refractivity contribution in [1.82, 2.24) is 4.98 Å². The molecule has 0 aliphatic carbocycles. The molecule has 2 aliphatic heterocycles. The summed E-state index contributed by atoms with van der Waals surface area (Å²) in [6.45, 7) is 5.16. The number of hydrogen-bond acceptors (Lipinski definition) is 5. The molecule has 2 saturated heterocycles. The van der Waals surface area contributed by atoms with Gasteiger partial charge >= 0.3 is 0 Å². The van der Waals surface area contributed by atoms with Gasteiger partial charge in [0, 0.05) is 32.4 Å². The third-order valence-corrected chi connectivity index (χ3v) is 4.96. The molecule has 1 aromatic heterocycles. The van der Waals surface area contributed by atoms with Crippen LogP contribution in [0.25, 0.3) is 0 Å². The van der Waals surface area contributed by atoms with E-state index >= 15 is 0 Å². The molecule has 2 fully saturated rings. The van der Waals surface area contributed by atoms with E-state index in [1.807, 2.05) is 36.5 Å². The molecule has 6 nitrogen and oxygen atoms in total. The predicted octanol–water partition coefficient (Wildman–Crippen LogP) is 2.77. The summed E-state index contributed by atoms with van der Waals surface area (Å²) in [5.41, 5.74) is 3.47. The Bertz CT molecular complexity index is 768. The van der Waals surface area contributed by atoms with E-state index in [4.69, 9.17) is 4.74 Å². The lowest BCUT2D eigenvalue weighted by atomic mass is 10.2. The van der Waals surface area contributed by atoms with Crippen LogP contribution in [-0.2, 0) is 4.74 Å². The standard InChI is InChI=1S/C20H24N4O2/c25-20(16-13-17(15-21-14-16)23-7-3-4-8-23)22-18-5-1-2-6-19(18)24-9-11-26-12-10-24/h1-2,5-6,13-15H,3-4,7-12H2,(H,22,25). The Kier molecular flexibility index (Phi) is 5.02. The molecule has 0 saturated carbocycles. The molecule has 0 spiro atoms. The zero-order valence-corrected chi connectivity index (χ0v) is 14.9. The molecule has 4 rings (SSSR count). The summed E-state index contributed by atoms with van der Waals surface area (Å²) in [5.74, 6) is -0.126. The number of benzene rings is 1. The van der Waals surface area contributed by atoms with Crippen LogP contribution in [0.4, 0.5) is 17.1 Å². The Balaban J connectivity index is 1.52. The van der Waals surface area contributed by atoms with Crippen LogP contribution in [0.3, 0.4) is 0 Å². The molecule has 136 valence electrons. The van der Waals surface area contributed by atoms with Gasteiger partial charge in [-0.1, -0.05) is 12.1 Å². The third-order valence-electron chi connectivity index (χ3n) is 4.96. The van der Waals surface area contributed by atoms with E-state index in [9.17, 15) is 4.79 Å². The van der Waals surface area contributed by atoms with Crippen molar-refractivity contribution in [2.45, 2.75) is 12.8 Å². The highest BCUT2D eigenvalue weighted by molar-refractivity contribution is 6.06. The van der Waals surface area contributed by atoms with Gasteiger partial charge in [0.25, 0.3) is 5.91 Å². The number of nitrogens with one attached hydrogen (secondary N) is 1. The Morgan fingerprint density at radius 2 is 1.77 bits per heavy atom. The highest BCUT2D eigenvalue weighted by Gasteiger charge is 2.18. The highest BCUT2D eigenvalue weighted by atomic mass is 16.5. The van der Waals surface area contributed by atoms with Gasteiger partial charge in [-0.25, -0.2) is 0 Å². The number of rotatable bonds is 4. The first kappa shape index (κ1) is 16.8. The van der Waals surface area contributed by atoms with Gasteiger partial charge in [0.05, 0.1) is 42.0 Å². The minimum absolute atomic E-state index is 0.126. The lowest BCUT2D eigenvalue weighted by molar-refractivity contribution is 0.102. The first-order valence-electron chi connectivity index (χ1n) is 9.24. The van der Waals surface area contributed by atoms with Crippen LogP contribution in [-0.4, -0.2) is 50.3 Å². The Morgan fingerprint density at radius 1 is 1.00 bits per heavy atom. The number of carbonyl (C=O) groups excluding carboxylic acids is 1. The number of anilines is 3. The normalized spacial score (nSPS) is 17.4. The summed E-state index contributed by atoms with van der Waals surface area (Å²) in [4.78, 5) is 21.6. The lowest BCUT2D eigenvalue weighted by Crippen LogP contribution is -2.36. The van der Waals surface area contributed by atoms with Crippen LogP contribution in [0.5, 0.6) is 0 Å². The molecule has 0 bridgehead atoms. The van der Waals surface area contributed by atoms with E-state index < -0.39 is 0 Å². The Labute approximate surface area is 153 Å². The van der Waals surface area contributed by atoms with E-state index in [1.54, 1.807) is 6.20 Å². The first-order valence-corrected chi connectivity index (χ1v) is 9.24. The van der Waals surface area contributed by atoms with Gasteiger partial charge in [-0.3, -0.25) is 9.78 Å². The third kappa shape index (κ3) is 3.65. The minimum Gasteiger partial charge on any atom is -0.378 e. The highest BCUT2D eigenvalue weighted by Crippen LogP contribution is 2.27. The van der Waals surface area contributed by atoms with Gasteiger partial charge in [0.1, 0.15) is 0 Å². The quantitative estimate of drug-likeness (QED) is 0.917. The van der Waals surface area contributed by atoms with Crippen LogP contribution in [0, 0.1) is 0 Å². The average Bonchev–Trinajstić information content (AvgIpc) is 3.24. The molecular weight excluding hydrogens is 328 g/mol. The molecule has 2 aromatic rings. The molecule has 1 aromatic carbocycles. The number of amides is 1. The van der Waals surface area contributed by atoms with Crippen LogP contribution >= 0.6 is 0 Å². The van der Waals surface area contributed by atoms with Crippen LogP contribution < -0.4 is 15.1 Å². The minimum atomic E-state index is -0.126. The van der Waals surface area contributed by atoms with Gasteiger partial charge in [0.2, 0.25) is 0 Å². The summed E-state index contributed by atoms with van der Waals surface area (Å²) >= 11 is 0. The number of morpholine rings is 1. The fourth-order valence-electron chi connectivity index (χ4n) is 3.55. The number of carbonyl (C=O) groups is 1. The maximum Gasteiger partial charge on any atom is 0.257 e. The number of ether oxygens (including phenoxy) is 1. The number of nitrogens with zero attached hydrogens (tertiary/aromatic N) is 3. The largest absolute Gasteiger partial charge is 0.378 e. The second-order valence-electron chi connectivity index (χ2n) is 6.70. The fourth-order valence-corrected chi connectivity index (χ4v) is 3.55. The molecule has 26 heavy (non-hydrogen) atoms. The van der Waals surface area contributed by atoms with Crippen molar-refractivity contribution in [1.29, 1.82) is 0 Å². The van der Waals surface area contributed by atoms with Crippen LogP contribution in [0.1, 0.15) is 23.2 Å². The van der Waals surface area contributed by atoms with Gasteiger partial charge in [-0.2, -0.15) is 0 Å². The van der Waals surface area contributed by atoms with Gasteiger partial charge in [-0.05, 0) is 31.0 Å². The number of pyridine rings is 1. The van der Waals surface area contributed by atoms with Crippen molar-refractivity contribution in [3.8, 4) is 0 Å². The van der Waals surface area contributed by atoms with Gasteiger partial charge in [-0.15, -0.1) is 0 Å². The molecule has 0 radical (unpaired) electrons. The molecule has 0 atom stereocenters. The van der Waals surface area contributed by atoms with Crippen molar-refractivity contribution >= 4 is 23.0 Å². The maximum atomic E-state index is 12.8. The topological polar surface area (TPSA) is 57.7 Å². The molecule has 1 N–H and O–H groups in total. The molecule has 6 heteroatoms. The van der Waals surface area contributed by atoms with E-state index in [-0.39, 0.29) is 5.91 Å². The summed E-state index contributed by atoms with van der Waals surface area (Å²) < 4.78 is 5.43. The van der Waals surface area contributed by atoms with Crippen molar-refractivity contribution < 1.29 is 9.53 Å². The summed E-state index contributed by atoms with van der Waals surface area (Å²) in [5, 5.41) is 3.06. The van der Waals surface area contributed by atoms with Crippen LogP contribution in [0.2, 0.25) is 0 Å². The van der Waals surface area contributed by atoms with Crippen LogP contribution in [0.15, 0.2) is 42.7 Å². The fraction of sp³-hybridized carbons (Fsp3) is 0.400. The summed E-state index contributed by atoms with van der Waals surface area (Å²) in [6.07, 6.45) is 5.86. The van der Waals surface area contributed by atoms with E-state index in [0.717, 1.165) is 43.2 Å². The first-order chi connectivity index (χ1) is 12.8. The average molecular weight is 352 g/mol. The molecule has 3 heterocycles. The number of hydrogen-bond donors (Lipinski definition) is 1. The number of para-hydroxylation sites is 2. The maximum absolute atomic E-state index is 12.8. The van der Waals surface area contributed by atoms with E-state index in [1.165, 1.54) is 12.8 Å². The molecule has 0 unspecified atom stereocenters. The van der Waals surface area contributed by atoms with Gasteiger partial charge < -0.3 is 19.9 Å². The molecule has 1 amide bonds. The van der Waals surface area contributed by atoms with E-state index in [2.05, 4.69) is 20.1 Å². The van der Waals surface area contributed by atoms with Crippen molar-refractivity contribution in [3.63, 3.8) is 0 Å². The van der Waals surface area contributed by atoms with Crippen molar-refractivity contribution in [2.24, 2.45) is 0 Å². The molecular formula is C20H24N4O2. The second kappa shape index (κ2) is 7.74. The zero-order valence-electron chi connectivity index (χ0n) is 14.9. The number of aromatic nitrogens is 1. The SMILES string of the molecule is O=C(Nc1ccccc1N1CCOCC1)c1cncc(N2CCCC2)c1. The Morgan fingerprint density at radius 3 is 2.58 bits per heavy atom. The predicted molar refractivity (Wildman–Crippen MR) is 103 cm³/mol. The summed E-state index contributed by atoms with van der Waals surface area (Å²) in [6, 6.07) is 9.86. The summed E-state index contributed by atoms with van der Waals surface area (Å²) in [7, 11) is 0. The lowest BCUT2D eigenvalue weighted by Gasteiger charge is -2.30. The van der Waals surface area contributed by atoms with Crippen molar-refractivity contribution in [2.75, 3.05) is 54.5 Å².